The molecule has 0 fully saturated rings. The molecule has 6 heteroatoms. The van der Waals surface area contributed by atoms with Gasteiger partial charge in [-0.15, -0.1) is 11.3 Å². The van der Waals surface area contributed by atoms with E-state index in [0.717, 1.165) is 26.6 Å². The Morgan fingerprint density at radius 1 is 1.17 bits per heavy atom. The van der Waals surface area contributed by atoms with E-state index >= 15 is 0 Å². The zero-order valence-electron chi connectivity index (χ0n) is 16.2. The number of ether oxygens (including phenoxy) is 1. The summed E-state index contributed by atoms with van der Waals surface area (Å²) in [5.74, 6) is -0.187. The van der Waals surface area contributed by atoms with Crippen molar-refractivity contribution in [2.45, 2.75) is 33.3 Å². The number of hydrogen-bond donors (Lipinski definition) is 0. The lowest BCUT2D eigenvalue weighted by atomic mass is 9.95. The van der Waals surface area contributed by atoms with Crippen LogP contribution >= 0.6 is 22.9 Å². The monoisotopic (exact) mass is 426 g/mol. The number of aryl methyl sites for hydroxylation is 1. The Labute approximate surface area is 176 Å². The molecule has 2 aromatic carbocycles. The van der Waals surface area contributed by atoms with E-state index in [1.165, 1.54) is 17.4 Å². The summed E-state index contributed by atoms with van der Waals surface area (Å²) < 4.78 is 11.8. The van der Waals surface area contributed by atoms with Gasteiger partial charge < -0.3 is 9.15 Å². The Morgan fingerprint density at radius 3 is 2.66 bits per heavy atom. The van der Waals surface area contributed by atoms with Crippen LogP contribution in [-0.2, 0) is 11.3 Å². The van der Waals surface area contributed by atoms with Gasteiger partial charge in [0.05, 0.1) is 5.02 Å². The third-order valence-electron chi connectivity index (χ3n) is 4.92. The van der Waals surface area contributed by atoms with Crippen LogP contribution in [0, 0.1) is 6.92 Å². The van der Waals surface area contributed by atoms with Crippen LogP contribution < -0.4 is 5.63 Å². The molecule has 4 nitrogen and oxygen atoms in total. The van der Waals surface area contributed by atoms with Crippen molar-refractivity contribution in [3.05, 3.63) is 79.5 Å². The number of fused-ring (bicyclic) bond motifs is 2. The number of halogens is 1. The Bertz CT molecular complexity index is 1300. The first-order valence-electron chi connectivity index (χ1n) is 9.26. The first-order chi connectivity index (χ1) is 13.8. The molecule has 0 aliphatic heterocycles. The van der Waals surface area contributed by atoms with Gasteiger partial charge in [-0.05, 0) is 42.2 Å². The van der Waals surface area contributed by atoms with Crippen molar-refractivity contribution < 1.29 is 13.9 Å². The Kier molecular flexibility index (Phi) is 5.19. The highest BCUT2D eigenvalue weighted by Gasteiger charge is 2.19. The summed E-state index contributed by atoms with van der Waals surface area (Å²) in [6.07, 6.45) is 0. The summed E-state index contributed by atoms with van der Waals surface area (Å²) in [4.78, 5) is 25.0. The SMILES string of the molecule is Cc1cc2oc(=O)cc(COC(=O)c3sc4ccccc4c3Cl)c2cc1C(C)C. The summed E-state index contributed by atoms with van der Waals surface area (Å²) >= 11 is 7.67. The van der Waals surface area contributed by atoms with Crippen LogP contribution in [0.5, 0.6) is 0 Å². The number of thiophene rings is 1. The van der Waals surface area contributed by atoms with Crippen LogP contribution in [0.1, 0.15) is 46.1 Å². The van der Waals surface area contributed by atoms with Gasteiger partial charge >= 0.3 is 11.6 Å². The first-order valence-corrected chi connectivity index (χ1v) is 10.5. The van der Waals surface area contributed by atoms with E-state index in [4.69, 9.17) is 20.8 Å². The van der Waals surface area contributed by atoms with Gasteiger partial charge in [-0.2, -0.15) is 0 Å². The third-order valence-corrected chi connectivity index (χ3v) is 6.57. The Morgan fingerprint density at radius 2 is 1.93 bits per heavy atom. The molecule has 0 aliphatic carbocycles. The van der Waals surface area contributed by atoms with Crippen molar-refractivity contribution in [3.63, 3.8) is 0 Å². The smallest absolute Gasteiger partial charge is 0.350 e. The molecule has 0 spiro atoms. The fourth-order valence-electron chi connectivity index (χ4n) is 3.49. The minimum absolute atomic E-state index is 0.0356. The minimum Gasteiger partial charge on any atom is -0.457 e. The number of hydrogen-bond acceptors (Lipinski definition) is 5. The molecule has 0 bridgehead atoms. The predicted molar refractivity (Wildman–Crippen MR) is 117 cm³/mol. The highest BCUT2D eigenvalue weighted by Crippen LogP contribution is 2.36. The number of benzene rings is 2. The molecule has 4 aromatic rings. The van der Waals surface area contributed by atoms with Crippen molar-refractivity contribution in [1.29, 1.82) is 0 Å². The highest BCUT2D eigenvalue weighted by molar-refractivity contribution is 7.21. The quantitative estimate of drug-likeness (QED) is 0.278. The molecular weight excluding hydrogens is 408 g/mol. The molecule has 0 radical (unpaired) electrons. The lowest BCUT2D eigenvalue weighted by molar-refractivity contribution is 0.0480. The fourth-order valence-corrected chi connectivity index (χ4v) is 4.89. The molecule has 0 N–H and O–H groups in total. The molecule has 4 rings (SSSR count). The molecular formula is C23H19ClO4S. The number of carbonyl (C=O) groups is 1. The Balaban J connectivity index is 1.68. The van der Waals surface area contributed by atoms with Gasteiger partial charge in [0, 0.05) is 27.1 Å². The summed E-state index contributed by atoms with van der Waals surface area (Å²) in [6, 6.07) is 12.8. The Hall–Kier alpha value is -2.63. The average Bonchev–Trinajstić information content (AvgIpc) is 3.02. The molecule has 2 heterocycles. The standard InChI is InChI=1S/C23H19ClO4S/c1-12(2)16-10-17-14(9-20(25)28-18(17)8-13(16)3)11-27-23(26)22-21(24)15-6-4-5-7-19(15)29-22/h4-10,12H,11H2,1-3H3. The maximum atomic E-state index is 12.7. The molecule has 148 valence electrons. The van der Waals surface area contributed by atoms with Gasteiger partial charge in [-0.3, -0.25) is 0 Å². The lowest BCUT2D eigenvalue weighted by Gasteiger charge is -2.13. The van der Waals surface area contributed by atoms with Crippen LogP contribution in [0.2, 0.25) is 5.02 Å². The molecule has 0 saturated heterocycles. The van der Waals surface area contributed by atoms with E-state index in [9.17, 15) is 9.59 Å². The molecule has 0 atom stereocenters. The van der Waals surface area contributed by atoms with Crippen LogP contribution in [0.4, 0.5) is 0 Å². The molecule has 0 amide bonds. The van der Waals surface area contributed by atoms with E-state index in [1.54, 1.807) is 0 Å². The van der Waals surface area contributed by atoms with Gasteiger partial charge in [-0.25, -0.2) is 9.59 Å². The number of esters is 1. The zero-order valence-corrected chi connectivity index (χ0v) is 17.8. The van der Waals surface area contributed by atoms with Crippen LogP contribution in [0.3, 0.4) is 0 Å². The second kappa shape index (κ2) is 7.65. The van der Waals surface area contributed by atoms with Gasteiger partial charge in [0.25, 0.3) is 0 Å². The van der Waals surface area contributed by atoms with Crippen molar-refractivity contribution >= 4 is 50.0 Å². The summed E-state index contributed by atoms with van der Waals surface area (Å²) in [7, 11) is 0. The van der Waals surface area contributed by atoms with Crippen molar-refractivity contribution in [2.75, 3.05) is 0 Å². The zero-order chi connectivity index (χ0) is 20.7. The van der Waals surface area contributed by atoms with E-state index in [-0.39, 0.29) is 6.61 Å². The predicted octanol–water partition coefficient (Wildman–Crippen LogP) is 6.45. The van der Waals surface area contributed by atoms with E-state index in [2.05, 4.69) is 13.8 Å². The molecule has 2 aromatic heterocycles. The lowest BCUT2D eigenvalue weighted by Crippen LogP contribution is -2.08. The average molecular weight is 427 g/mol. The van der Waals surface area contributed by atoms with Gasteiger partial charge in [0.15, 0.2) is 0 Å². The third kappa shape index (κ3) is 3.68. The second-order valence-corrected chi connectivity index (χ2v) is 8.70. The van der Waals surface area contributed by atoms with Gasteiger partial charge in [0.2, 0.25) is 0 Å². The molecule has 29 heavy (non-hydrogen) atoms. The van der Waals surface area contributed by atoms with Gasteiger partial charge in [-0.1, -0.05) is 43.6 Å². The molecule has 0 saturated carbocycles. The minimum atomic E-state index is -0.506. The summed E-state index contributed by atoms with van der Waals surface area (Å²) in [5, 5.41) is 1.99. The first kappa shape index (κ1) is 19.7. The van der Waals surface area contributed by atoms with E-state index < -0.39 is 11.6 Å². The van der Waals surface area contributed by atoms with Crippen molar-refractivity contribution in [2.24, 2.45) is 0 Å². The van der Waals surface area contributed by atoms with Crippen LogP contribution in [0.15, 0.2) is 51.7 Å². The van der Waals surface area contributed by atoms with E-state index in [0.29, 0.717) is 27.0 Å². The van der Waals surface area contributed by atoms with E-state index in [1.807, 2.05) is 43.3 Å². The summed E-state index contributed by atoms with van der Waals surface area (Å²) in [5.41, 5.74) is 2.85. The number of rotatable bonds is 4. The molecule has 0 unspecified atom stereocenters. The second-order valence-electron chi connectivity index (χ2n) is 7.27. The fraction of sp³-hybridized carbons (Fsp3) is 0.217. The normalized spacial score (nSPS) is 11.5. The molecule has 0 aliphatic rings. The van der Waals surface area contributed by atoms with Crippen LogP contribution in [-0.4, -0.2) is 5.97 Å². The van der Waals surface area contributed by atoms with Crippen molar-refractivity contribution in [1.82, 2.24) is 0 Å². The van der Waals surface area contributed by atoms with Crippen LogP contribution in [0.25, 0.3) is 21.1 Å². The topological polar surface area (TPSA) is 56.5 Å². The largest absolute Gasteiger partial charge is 0.457 e. The maximum absolute atomic E-state index is 12.7. The van der Waals surface area contributed by atoms with Gasteiger partial charge in [0.1, 0.15) is 17.1 Å². The highest BCUT2D eigenvalue weighted by atomic mass is 35.5. The van der Waals surface area contributed by atoms with Crippen molar-refractivity contribution in [3.8, 4) is 0 Å². The summed E-state index contributed by atoms with van der Waals surface area (Å²) in [6.45, 7) is 6.17. The maximum Gasteiger partial charge on any atom is 0.350 e. The number of carbonyl (C=O) groups excluding carboxylic acids is 1.